The number of para-hydroxylation sites is 1. The van der Waals surface area contributed by atoms with Crippen LogP contribution >= 0.6 is 11.6 Å². The maximum atomic E-state index is 13.5. The van der Waals surface area contributed by atoms with Crippen LogP contribution in [0.1, 0.15) is 25.5 Å². The van der Waals surface area contributed by atoms with Gasteiger partial charge in [0.05, 0.1) is 21.9 Å². The van der Waals surface area contributed by atoms with Crippen LogP contribution < -0.4 is 0 Å². The molecule has 0 saturated heterocycles. The Morgan fingerprint density at radius 2 is 1.81 bits per heavy atom. The summed E-state index contributed by atoms with van der Waals surface area (Å²) in [5.41, 5.74) is 3.64. The second-order valence-corrected chi connectivity index (χ2v) is 5.64. The highest BCUT2D eigenvalue weighted by atomic mass is 35.5. The molecule has 0 aliphatic carbocycles. The quantitative estimate of drug-likeness (QED) is 0.649. The second kappa shape index (κ2) is 5.41. The Bertz CT molecular complexity index is 815. The number of benzene rings is 2. The molecule has 0 bridgehead atoms. The molecule has 106 valence electrons. The van der Waals surface area contributed by atoms with Crippen LogP contribution in [0.3, 0.4) is 0 Å². The summed E-state index contributed by atoms with van der Waals surface area (Å²) >= 11 is 6.20. The van der Waals surface area contributed by atoms with E-state index >= 15 is 0 Å². The molecule has 3 rings (SSSR count). The predicted octanol–water partition coefficient (Wildman–Crippen LogP) is 5.21. The van der Waals surface area contributed by atoms with Crippen molar-refractivity contribution >= 4 is 22.6 Å². The third-order valence-electron chi connectivity index (χ3n) is 3.32. The summed E-state index contributed by atoms with van der Waals surface area (Å²) in [7, 11) is 0. The van der Waals surface area contributed by atoms with Crippen LogP contribution in [0.15, 0.2) is 42.5 Å². The van der Waals surface area contributed by atoms with E-state index < -0.39 is 0 Å². The van der Waals surface area contributed by atoms with Crippen molar-refractivity contribution in [2.45, 2.75) is 19.8 Å². The minimum absolute atomic E-state index is 0.180. The van der Waals surface area contributed by atoms with Crippen LogP contribution in [0, 0.1) is 5.82 Å². The van der Waals surface area contributed by atoms with Crippen molar-refractivity contribution in [2.75, 3.05) is 0 Å². The third kappa shape index (κ3) is 2.61. The number of hydrogen-bond donors (Lipinski definition) is 0. The summed E-state index contributed by atoms with van der Waals surface area (Å²) in [6.45, 7) is 4.09. The first-order chi connectivity index (χ1) is 10.1. The minimum atomic E-state index is -0.289. The molecule has 1 aromatic heterocycles. The van der Waals surface area contributed by atoms with E-state index in [4.69, 9.17) is 11.6 Å². The first kappa shape index (κ1) is 14.0. The maximum Gasteiger partial charge on any atom is 0.123 e. The molecule has 2 aromatic carbocycles. The average molecular weight is 301 g/mol. The van der Waals surface area contributed by atoms with Crippen LogP contribution in [-0.2, 0) is 0 Å². The Morgan fingerprint density at radius 3 is 2.52 bits per heavy atom. The van der Waals surface area contributed by atoms with E-state index in [-0.39, 0.29) is 11.7 Å². The summed E-state index contributed by atoms with van der Waals surface area (Å²) in [6, 6.07) is 11.9. The van der Waals surface area contributed by atoms with Gasteiger partial charge in [-0.15, -0.1) is 0 Å². The van der Waals surface area contributed by atoms with E-state index in [9.17, 15) is 4.39 Å². The first-order valence-electron chi connectivity index (χ1n) is 6.78. The first-order valence-corrected chi connectivity index (χ1v) is 7.16. The van der Waals surface area contributed by atoms with E-state index in [0.29, 0.717) is 21.8 Å². The number of hydrogen-bond acceptors (Lipinski definition) is 2. The topological polar surface area (TPSA) is 25.8 Å². The molecule has 0 N–H and O–H groups in total. The van der Waals surface area contributed by atoms with Gasteiger partial charge < -0.3 is 0 Å². The smallest absolute Gasteiger partial charge is 0.123 e. The molecule has 4 heteroatoms. The molecule has 0 unspecified atom stereocenters. The van der Waals surface area contributed by atoms with Crippen molar-refractivity contribution in [3.05, 3.63) is 59.0 Å². The molecule has 0 aliphatic rings. The van der Waals surface area contributed by atoms with Gasteiger partial charge in [-0.3, -0.25) is 0 Å². The molecule has 0 atom stereocenters. The number of aromatic nitrogens is 2. The van der Waals surface area contributed by atoms with Gasteiger partial charge in [0, 0.05) is 5.56 Å². The molecule has 0 saturated carbocycles. The van der Waals surface area contributed by atoms with Crippen molar-refractivity contribution in [2.24, 2.45) is 0 Å². The Hall–Kier alpha value is -2.00. The van der Waals surface area contributed by atoms with Gasteiger partial charge in [0.2, 0.25) is 0 Å². The third-order valence-corrected chi connectivity index (χ3v) is 3.62. The molecule has 2 nitrogen and oxygen atoms in total. The minimum Gasteiger partial charge on any atom is -0.249 e. The predicted molar refractivity (Wildman–Crippen MR) is 84.0 cm³/mol. The zero-order valence-electron chi connectivity index (χ0n) is 11.8. The standard InChI is InChI=1S/C17H14ClFN2/c1-10(2)15-16(11-5-3-6-12(19)9-11)21-17-13(18)7-4-8-14(17)20-15/h3-10H,1-2H3. The fourth-order valence-electron chi connectivity index (χ4n) is 2.31. The van der Waals surface area contributed by atoms with E-state index in [1.54, 1.807) is 12.1 Å². The molecule has 0 amide bonds. The molecular weight excluding hydrogens is 287 g/mol. The molecular formula is C17H14ClFN2. The molecule has 1 heterocycles. The van der Waals surface area contributed by atoms with E-state index in [0.717, 1.165) is 11.2 Å². The summed E-state index contributed by atoms with van der Waals surface area (Å²) in [5, 5.41) is 0.549. The molecule has 0 spiro atoms. The van der Waals surface area contributed by atoms with Gasteiger partial charge in [-0.25, -0.2) is 14.4 Å². The molecule has 0 fully saturated rings. The van der Waals surface area contributed by atoms with Crippen LogP contribution in [0.5, 0.6) is 0 Å². The Kier molecular flexibility index (Phi) is 3.60. The molecule has 21 heavy (non-hydrogen) atoms. The van der Waals surface area contributed by atoms with Crippen molar-refractivity contribution in [3.8, 4) is 11.3 Å². The summed E-state index contributed by atoms with van der Waals surface area (Å²) in [6.07, 6.45) is 0. The monoisotopic (exact) mass is 300 g/mol. The van der Waals surface area contributed by atoms with Gasteiger partial charge in [-0.2, -0.15) is 0 Å². The lowest BCUT2D eigenvalue weighted by Gasteiger charge is -2.13. The van der Waals surface area contributed by atoms with Crippen LogP contribution in [0.2, 0.25) is 5.02 Å². The molecule has 0 aliphatic heterocycles. The Labute approximate surface area is 127 Å². The lowest BCUT2D eigenvalue weighted by Crippen LogP contribution is -2.01. The zero-order chi connectivity index (χ0) is 15.0. The average Bonchev–Trinajstić information content (AvgIpc) is 2.46. The van der Waals surface area contributed by atoms with E-state index in [2.05, 4.69) is 9.97 Å². The van der Waals surface area contributed by atoms with Gasteiger partial charge in [-0.1, -0.05) is 43.6 Å². The van der Waals surface area contributed by atoms with Crippen LogP contribution in [0.25, 0.3) is 22.3 Å². The number of halogens is 2. The lowest BCUT2D eigenvalue weighted by atomic mass is 10.0. The van der Waals surface area contributed by atoms with Gasteiger partial charge in [-0.05, 0) is 30.2 Å². The fraction of sp³-hybridized carbons (Fsp3) is 0.176. The lowest BCUT2D eigenvalue weighted by molar-refractivity contribution is 0.628. The SMILES string of the molecule is CC(C)c1nc2cccc(Cl)c2nc1-c1cccc(F)c1. The number of nitrogens with zero attached hydrogens (tertiary/aromatic N) is 2. The van der Waals surface area contributed by atoms with Gasteiger partial charge in [0.25, 0.3) is 0 Å². The zero-order valence-corrected chi connectivity index (χ0v) is 12.5. The summed E-state index contributed by atoms with van der Waals surface area (Å²) in [4.78, 5) is 9.32. The van der Waals surface area contributed by atoms with Crippen molar-refractivity contribution < 1.29 is 4.39 Å². The van der Waals surface area contributed by atoms with E-state index in [1.807, 2.05) is 32.0 Å². The van der Waals surface area contributed by atoms with Gasteiger partial charge in [0.1, 0.15) is 11.3 Å². The summed E-state index contributed by atoms with van der Waals surface area (Å²) in [5.74, 6) is -0.109. The van der Waals surface area contributed by atoms with Crippen molar-refractivity contribution in [1.82, 2.24) is 9.97 Å². The highest BCUT2D eigenvalue weighted by Crippen LogP contribution is 2.30. The van der Waals surface area contributed by atoms with Crippen LogP contribution in [0.4, 0.5) is 4.39 Å². The number of rotatable bonds is 2. The highest BCUT2D eigenvalue weighted by Gasteiger charge is 2.15. The highest BCUT2D eigenvalue weighted by molar-refractivity contribution is 6.34. The van der Waals surface area contributed by atoms with Crippen molar-refractivity contribution in [3.63, 3.8) is 0 Å². The maximum absolute atomic E-state index is 13.5. The number of fused-ring (bicyclic) bond motifs is 1. The fourth-order valence-corrected chi connectivity index (χ4v) is 2.52. The summed E-state index contributed by atoms with van der Waals surface area (Å²) < 4.78 is 13.5. The molecule has 0 radical (unpaired) electrons. The van der Waals surface area contributed by atoms with Gasteiger partial charge in [0.15, 0.2) is 0 Å². The molecule has 3 aromatic rings. The van der Waals surface area contributed by atoms with E-state index in [1.165, 1.54) is 12.1 Å². The van der Waals surface area contributed by atoms with Gasteiger partial charge >= 0.3 is 0 Å². The Balaban J connectivity index is 2.34. The largest absolute Gasteiger partial charge is 0.249 e. The van der Waals surface area contributed by atoms with Crippen molar-refractivity contribution in [1.29, 1.82) is 0 Å². The van der Waals surface area contributed by atoms with Crippen LogP contribution in [-0.4, -0.2) is 9.97 Å². The Morgan fingerprint density at radius 1 is 1.05 bits per heavy atom. The second-order valence-electron chi connectivity index (χ2n) is 5.23. The normalized spacial score (nSPS) is 11.3.